The van der Waals surface area contributed by atoms with Gasteiger partial charge in [-0.1, -0.05) is 17.7 Å². The van der Waals surface area contributed by atoms with Gasteiger partial charge in [-0.05, 0) is 32.7 Å². The molecule has 1 nitrogen and oxygen atoms in total. The Morgan fingerprint density at radius 3 is 3.17 bits per heavy atom. The third-order valence-corrected chi connectivity index (χ3v) is 3.19. The first-order valence-corrected chi connectivity index (χ1v) is 4.74. The second-order valence-corrected chi connectivity index (χ2v) is 4.15. The minimum atomic E-state index is 0.753. The summed E-state index contributed by atoms with van der Waals surface area (Å²) < 4.78 is 0. The highest BCUT2D eigenvalue weighted by molar-refractivity contribution is 5.24. The number of hydrogen-bond acceptors (Lipinski definition) is 1. The molecule has 2 unspecified atom stereocenters. The van der Waals surface area contributed by atoms with Crippen LogP contribution in [0.1, 0.15) is 19.8 Å². The molecule has 1 heterocycles. The van der Waals surface area contributed by atoms with Gasteiger partial charge in [-0.2, -0.15) is 0 Å². The third-order valence-electron chi connectivity index (χ3n) is 3.19. The van der Waals surface area contributed by atoms with E-state index in [-0.39, 0.29) is 0 Å². The van der Waals surface area contributed by atoms with Crippen LogP contribution >= 0.6 is 0 Å². The summed E-state index contributed by atoms with van der Waals surface area (Å²) >= 11 is 0. The van der Waals surface area contributed by atoms with Crippen molar-refractivity contribution in [3.05, 3.63) is 24.3 Å². The zero-order valence-corrected chi connectivity index (χ0v) is 7.96. The second kappa shape index (κ2) is 2.74. The van der Waals surface area contributed by atoms with Gasteiger partial charge in [0.05, 0.1) is 0 Å². The van der Waals surface area contributed by atoms with Crippen molar-refractivity contribution in [1.82, 2.24) is 4.90 Å². The zero-order valence-electron chi connectivity index (χ0n) is 7.96. The zero-order chi connectivity index (χ0) is 8.72. The normalized spacial score (nSPS) is 44.7. The van der Waals surface area contributed by atoms with Gasteiger partial charge < -0.3 is 0 Å². The van der Waals surface area contributed by atoms with Crippen LogP contribution in [0.25, 0.3) is 0 Å². The van der Waals surface area contributed by atoms with Crippen LogP contribution in [-0.2, 0) is 0 Å². The Kier molecular flexibility index (Phi) is 1.84. The van der Waals surface area contributed by atoms with Gasteiger partial charge >= 0.3 is 0 Å². The fourth-order valence-electron chi connectivity index (χ4n) is 2.55. The fraction of sp³-hybridized carbons (Fsp3) is 0.636. The molecule has 1 fully saturated rings. The van der Waals surface area contributed by atoms with Crippen LogP contribution < -0.4 is 0 Å². The Labute approximate surface area is 74.8 Å². The molecule has 0 amide bonds. The van der Waals surface area contributed by atoms with Gasteiger partial charge in [0.2, 0.25) is 0 Å². The largest absolute Gasteiger partial charge is 0.293 e. The van der Waals surface area contributed by atoms with E-state index in [2.05, 4.69) is 37.6 Å². The number of rotatable bonds is 2. The molecule has 0 radical (unpaired) electrons. The smallest absolute Gasteiger partial charge is 0.0440 e. The molecular formula is C11H17N. The van der Waals surface area contributed by atoms with Crippen molar-refractivity contribution in [3.8, 4) is 0 Å². The van der Waals surface area contributed by atoms with Crippen molar-refractivity contribution in [2.75, 3.05) is 7.05 Å². The molecule has 0 aromatic carbocycles. The minimum Gasteiger partial charge on any atom is -0.293 e. The molecule has 1 aliphatic heterocycles. The molecule has 0 N–H and O–H groups in total. The number of hydrogen-bond donors (Lipinski definition) is 0. The SMILES string of the molecule is C=CC[C@H]1CC(C)=CC2[C@@H]1N2C. The lowest BCUT2D eigenvalue weighted by atomic mass is 9.87. The van der Waals surface area contributed by atoms with Gasteiger partial charge in [0.15, 0.2) is 0 Å². The van der Waals surface area contributed by atoms with E-state index < -0.39 is 0 Å². The number of likely N-dealkylation sites (N-methyl/N-ethyl adjacent to an activating group) is 1. The highest BCUT2D eigenvalue weighted by atomic mass is 15.3. The minimum absolute atomic E-state index is 0.753. The topological polar surface area (TPSA) is 3.01 Å². The third kappa shape index (κ3) is 1.13. The summed E-state index contributed by atoms with van der Waals surface area (Å²) in [7, 11) is 2.22. The highest BCUT2D eigenvalue weighted by Crippen LogP contribution is 2.42. The van der Waals surface area contributed by atoms with Crippen LogP contribution in [0, 0.1) is 5.92 Å². The monoisotopic (exact) mass is 163 g/mol. The van der Waals surface area contributed by atoms with Crippen LogP contribution in [0.4, 0.5) is 0 Å². The number of allylic oxidation sites excluding steroid dienone is 2. The van der Waals surface area contributed by atoms with Crippen LogP contribution in [0.3, 0.4) is 0 Å². The maximum atomic E-state index is 3.82. The predicted octanol–water partition coefficient (Wildman–Crippen LogP) is 2.21. The summed E-state index contributed by atoms with van der Waals surface area (Å²) in [5.41, 5.74) is 1.56. The first-order chi connectivity index (χ1) is 5.74. The highest BCUT2D eigenvalue weighted by Gasteiger charge is 2.49. The Bertz CT molecular complexity index is 229. The second-order valence-electron chi connectivity index (χ2n) is 4.15. The maximum Gasteiger partial charge on any atom is 0.0440 e. The van der Waals surface area contributed by atoms with Crippen molar-refractivity contribution in [1.29, 1.82) is 0 Å². The summed E-state index contributed by atoms with van der Waals surface area (Å²) in [5.74, 6) is 0.836. The summed E-state index contributed by atoms with van der Waals surface area (Å²) in [4.78, 5) is 2.46. The average Bonchev–Trinajstić information content (AvgIpc) is 2.62. The lowest BCUT2D eigenvalue weighted by Crippen LogP contribution is -2.15. The molecule has 2 rings (SSSR count). The Morgan fingerprint density at radius 1 is 1.75 bits per heavy atom. The molecule has 0 aromatic rings. The quantitative estimate of drug-likeness (QED) is 0.445. The van der Waals surface area contributed by atoms with E-state index in [1.54, 1.807) is 5.57 Å². The van der Waals surface area contributed by atoms with Crippen LogP contribution in [0.5, 0.6) is 0 Å². The molecule has 0 spiro atoms. The summed E-state index contributed by atoms with van der Waals surface area (Å²) in [5, 5.41) is 0. The van der Waals surface area contributed by atoms with E-state index in [1.165, 1.54) is 12.8 Å². The van der Waals surface area contributed by atoms with Gasteiger partial charge in [0.25, 0.3) is 0 Å². The predicted molar refractivity (Wildman–Crippen MR) is 52.0 cm³/mol. The van der Waals surface area contributed by atoms with Gasteiger partial charge in [0.1, 0.15) is 0 Å². The fourth-order valence-corrected chi connectivity index (χ4v) is 2.55. The molecule has 0 bridgehead atoms. The standard InChI is InChI=1S/C11H17N/c1-4-5-9-6-8(2)7-10-11(9)12(10)3/h4,7,9-11H,1,5-6H2,2-3H3/t9-,10?,11+,12?/m0/s1. The molecular weight excluding hydrogens is 146 g/mol. The van der Waals surface area contributed by atoms with Crippen LogP contribution in [-0.4, -0.2) is 24.0 Å². The average molecular weight is 163 g/mol. The maximum absolute atomic E-state index is 3.82. The summed E-state index contributed by atoms with van der Waals surface area (Å²) in [6.45, 7) is 6.07. The Hall–Kier alpha value is -0.560. The van der Waals surface area contributed by atoms with E-state index in [0.29, 0.717) is 0 Å². The van der Waals surface area contributed by atoms with Gasteiger partial charge in [-0.25, -0.2) is 0 Å². The molecule has 0 aromatic heterocycles. The van der Waals surface area contributed by atoms with Gasteiger partial charge in [-0.3, -0.25) is 4.90 Å². The van der Waals surface area contributed by atoms with E-state index in [4.69, 9.17) is 0 Å². The lowest BCUT2D eigenvalue weighted by Gasteiger charge is -2.17. The molecule has 1 saturated heterocycles. The van der Waals surface area contributed by atoms with E-state index in [9.17, 15) is 0 Å². The van der Waals surface area contributed by atoms with Crippen LogP contribution in [0.2, 0.25) is 0 Å². The molecule has 4 atom stereocenters. The molecule has 2 aliphatic rings. The molecule has 66 valence electrons. The molecule has 1 heteroatoms. The Balaban J connectivity index is 2.09. The van der Waals surface area contributed by atoms with E-state index >= 15 is 0 Å². The first kappa shape index (κ1) is 8.06. The molecule has 1 aliphatic carbocycles. The number of fused-ring (bicyclic) bond motifs is 1. The van der Waals surface area contributed by atoms with Gasteiger partial charge in [-0.15, -0.1) is 6.58 Å². The van der Waals surface area contributed by atoms with Crippen molar-refractivity contribution in [2.45, 2.75) is 31.8 Å². The van der Waals surface area contributed by atoms with Crippen molar-refractivity contribution >= 4 is 0 Å². The van der Waals surface area contributed by atoms with Crippen molar-refractivity contribution in [3.63, 3.8) is 0 Å². The van der Waals surface area contributed by atoms with Crippen molar-refractivity contribution in [2.24, 2.45) is 5.92 Å². The van der Waals surface area contributed by atoms with Crippen LogP contribution in [0.15, 0.2) is 24.3 Å². The van der Waals surface area contributed by atoms with E-state index in [0.717, 1.165) is 18.0 Å². The lowest BCUT2D eigenvalue weighted by molar-refractivity contribution is 0.444. The molecule has 0 saturated carbocycles. The first-order valence-electron chi connectivity index (χ1n) is 4.74. The molecule has 12 heavy (non-hydrogen) atoms. The summed E-state index contributed by atoms with van der Waals surface area (Å²) in [6.07, 6.45) is 6.94. The van der Waals surface area contributed by atoms with E-state index in [1.807, 2.05) is 0 Å². The number of nitrogens with zero attached hydrogens (tertiary/aromatic N) is 1. The Morgan fingerprint density at radius 2 is 2.50 bits per heavy atom. The van der Waals surface area contributed by atoms with Crippen molar-refractivity contribution < 1.29 is 0 Å². The summed E-state index contributed by atoms with van der Waals surface area (Å²) in [6, 6.07) is 1.58. The van der Waals surface area contributed by atoms with Gasteiger partial charge in [0, 0.05) is 12.1 Å².